The Morgan fingerprint density at radius 2 is 2.12 bits per heavy atom. The van der Waals surface area contributed by atoms with Gasteiger partial charge in [0.1, 0.15) is 5.52 Å². The number of benzene rings is 1. The number of hydrogen-bond donors (Lipinski definition) is 1. The van der Waals surface area contributed by atoms with E-state index in [1.54, 1.807) is 0 Å². The molecule has 0 saturated heterocycles. The van der Waals surface area contributed by atoms with E-state index in [1.165, 1.54) is 0 Å². The predicted molar refractivity (Wildman–Crippen MR) is 61.9 cm³/mol. The molecule has 17 heavy (non-hydrogen) atoms. The molecule has 1 heterocycles. The molecule has 1 aromatic carbocycles. The summed E-state index contributed by atoms with van der Waals surface area (Å²) in [6, 6.07) is 0.842. The molecule has 0 unspecified atom stereocenters. The highest BCUT2D eigenvalue weighted by Crippen LogP contribution is 2.30. The minimum absolute atomic E-state index is 0.0497. The van der Waals surface area contributed by atoms with Crippen LogP contribution in [0.4, 0.5) is 18.3 Å². The van der Waals surface area contributed by atoms with Crippen LogP contribution in [0.2, 0.25) is 0 Å². The van der Waals surface area contributed by atoms with Gasteiger partial charge < -0.3 is 5.32 Å². The fourth-order valence-corrected chi connectivity index (χ4v) is 2.23. The largest absolute Gasteiger partial charge is 0.301 e. The minimum Gasteiger partial charge on any atom is -0.301 e. The first-order valence-corrected chi connectivity index (χ1v) is 6.26. The van der Waals surface area contributed by atoms with E-state index >= 15 is 0 Å². The lowest BCUT2D eigenvalue weighted by Crippen LogP contribution is -2.11. The number of amides is 1. The molecular weight excluding hydrogens is 321 g/mol. The van der Waals surface area contributed by atoms with E-state index < -0.39 is 17.5 Å². The molecule has 0 spiro atoms. The number of halogens is 4. The molecule has 0 radical (unpaired) electrons. The molecule has 0 fully saturated rings. The number of carbonyl (C=O) groups is 1. The van der Waals surface area contributed by atoms with Gasteiger partial charge in [-0.2, -0.15) is 0 Å². The molecular formula is C9H4BrF3N2OS. The molecule has 1 aromatic heterocycles. The third-order valence-corrected chi connectivity index (χ3v) is 3.32. The standard InChI is InChI=1S/C9H4BrF3N2OS/c10-2-5(16)14-9-15-8-4(17-9)1-3(11)6(12)7(8)13/h1H,2H2,(H,14,15,16). The maximum atomic E-state index is 13.3. The van der Waals surface area contributed by atoms with Gasteiger partial charge in [-0.15, -0.1) is 0 Å². The zero-order valence-electron chi connectivity index (χ0n) is 8.06. The predicted octanol–water partition coefficient (Wildman–Crippen LogP) is 3.05. The third kappa shape index (κ3) is 2.27. The number of aromatic nitrogens is 1. The molecule has 8 heteroatoms. The fraction of sp³-hybridized carbons (Fsp3) is 0.111. The Bertz CT molecular complexity index is 601. The van der Waals surface area contributed by atoms with Gasteiger partial charge in [-0.05, 0) is 6.07 Å². The Kier molecular flexibility index (Phi) is 3.34. The van der Waals surface area contributed by atoms with Crippen LogP contribution in [0, 0.1) is 17.5 Å². The van der Waals surface area contributed by atoms with Crippen molar-refractivity contribution in [2.75, 3.05) is 10.6 Å². The molecule has 2 aromatic rings. The second kappa shape index (κ2) is 4.61. The lowest BCUT2D eigenvalue weighted by Gasteiger charge is -1.95. The monoisotopic (exact) mass is 324 g/mol. The van der Waals surface area contributed by atoms with Crippen LogP contribution in [-0.4, -0.2) is 16.2 Å². The van der Waals surface area contributed by atoms with Crippen molar-refractivity contribution < 1.29 is 18.0 Å². The lowest BCUT2D eigenvalue weighted by atomic mass is 10.3. The second-order valence-electron chi connectivity index (χ2n) is 3.03. The van der Waals surface area contributed by atoms with Crippen molar-refractivity contribution in [3.63, 3.8) is 0 Å². The van der Waals surface area contributed by atoms with Crippen LogP contribution < -0.4 is 5.32 Å². The number of nitrogens with zero attached hydrogens (tertiary/aromatic N) is 1. The smallest absolute Gasteiger partial charge is 0.236 e. The SMILES string of the molecule is O=C(CBr)Nc1nc2c(F)c(F)c(F)cc2s1. The summed E-state index contributed by atoms with van der Waals surface area (Å²) in [5.74, 6) is -4.58. The average Bonchev–Trinajstić information content (AvgIpc) is 2.68. The first kappa shape index (κ1) is 12.3. The normalized spacial score (nSPS) is 10.8. The Hall–Kier alpha value is -1.15. The summed E-state index contributed by atoms with van der Waals surface area (Å²) >= 11 is 3.79. The van der Waals surface area contributed by atoms with Crippen LogP contribution in [0.3, 0.4) is 0 Å². The van der Waals surface area contributed by atoms with Gasteiger partial charge in [0, 0.05) is 0 Å². The number of alkyl halides is 1. The molecule has 0 aliphatic heterocycles. The van der Waals surface area contributed by atoms with Crippen molar-refractivity contribution in [1.29, 1.82) is 0 Å². The minimum atomic E-state index is -1.57. The van der Waals surface area contributed by atoms with Crippen molar-refractivity contribution in [2.24, 2.45) is 0 Å². The molecule has 1 N–H and O–H groups in total. The Labute approximate surface area is 106 Å². The number of fused-ring (bicyclic) bond motifs is 1. The molecule has 0 saturated carbocycles. The molecule has 1 amide bonds. The maximum Gasteiger partial charge on any atom is 0.236 e. The number of anilines is 1. The van der Waals surface area contributed by atoms with Gasteiger partial charge in [0.25, 0.3) is 0 Å². The number of hydrogen-bond acceptors (Lipinski definition) is 3. The van der Waals surface area contributed by atoms with Crippen molar-refractivity contribution in [3.8, 4) is 0 Å². The third-order valence-electron chi connectivity index (χ3n) is 1.89. The van der Waals surface area contributed by atoms with E-state index in [9.17, 15) is 18.0 Å². The number of thiazole rings is 1. The zero-order valence-corrected chi connectivity index (χ0v) is 10.5. The van der Waals surface area contributed by atoms with Gasteiger partial charge in [-0.25, -0.2) is 18.2 Å². The van der Waals surface area contributed by atoms with Gasteiger partial charge >= 0.3 is 0 Å². The van der Waals surface area contributed by atoms with Gasteiger partial charge in [-0.3, -0.25) is 4.79 Å². The van der Waals surface area contributed by atoms with E-state index in [0.29, 0.717) is 0 Å². The lowest BCUT2D eigenvalue weighted by molar-refractivity contribution is -0.113. The topological polar surface area (TPSA) is 42.0 Å². The molecule has 0 atom stereocenters. The van der Waals surface area contributed by atoms with Gasteiger partial charge in [0.2, 0.25) is 5.91 Å². The van der Waals surface area contributed by atoms with E-state index in [-0.39, 0.29) is 26.6 Å². The Morgan fingerprint density at radius 3 is 2.76 bits per heavy atom. The van der Waals surface area contributed by atoms with Crippen molar-refractivity contribution in [3.05, 3.63) is 23.5 Å². The maximum absolute atomic E-state index is 13.3. The van der Waals surface area contributed by atoms with Crippen LogP contribution in [0.5, 0.6) is 0 Å². The molecule has 90 valence electrons. The van der Waals surface area contributed by atoms with Crippen LogP contribution in [-0.2, 0) is 4.79 Å². The summed E-state index contributed by atoms with van der Waals surface area (Å²) in [7, 11) is 0. The highest BCUT2D eigenvalue weighted by molar-refractivity contribution is 9.09. The van der Waals surface area contributed by atoms with E-state index in [1.807, 2.05) is 0 Å². The van der Waals surface area contributed by atoms with Crippen molar-refractivity contribution in [2.45, 2.75) is 0 Å². The van der Waals surface area contributed by atoms with Crippen LogP contribution >= 0.6 is 27.3 Å². The molecule has 0 aliphatic carbocycles. The number of carbonyl (C=O) groups excluding carboxylic acids is 1. The van der Waals surface area contributed by atoms with Crippen LogP contribution in [0.25, 0.3) is 10.2 Å². The summed E-state index contributed by atoms with van der Waals surface area (Å²) < 4.78 is 39.3. The summed E-state index contributed by atoms with van der Waals surface area (Å²) in [4.78, 5) is 14.7. The molecule has 2 rings (SSSR count). The van der Waals surface area contributed by atoms with E-state index in [0.717, 1.165) is 17.4 Å². The molecule has 3 nitrogen and oxygen atoms in total. The number of nitrogens with one attached hydrogen (secondary N) is 1. The quantitative estimate of drug-likeness (QED) is 0.681. The van der Waals surface area contributed by atoms with Crippen molar-refractivity contribution >= 4 is 48.5 Å². The van der Waals surface area contributed by atoms with Gasteiger partial charge in [-0.1, -0.05) is 27.3 Å². The molecule has 0 aliphatic rings. The second-order valence-corrected chi connectivity index (χ2v) is 4.63. The van der Waals surface area contributed by atoms with E-state index in [4.69, 9.17) is 0 Å². The Balaban J connectivity index is 2.50. The fourth-order valence-electron chi connectivity index (χ4n) is 1.18. The number of rotatable bonds is 2. The average molecular weight is 325 g/mol. The zero-order chi connectivity index (χ0) is 12.6. The van der Waals surface area contributed by atoms with Crippen LogP contribution in [0.15, 0.2) is 6.07 Å². The summed E-state index contributed by atoms with van der Waals surface area (Å²) in [6.45, 7) is 0. The van der Waals surface area contributed by atoms with Gasteiger partial charge in [0.15, 0.2) is 22.6 Å². The summed E-state index contributed by atoms with van der Waals surface area (Å²) in [5.41, 5.74) is -0.293. The summed E-state index contributed by atoms with van der Waals surface area (Å²) in [6.07, 6.45) is 0. The molecule has 0 bridgehead atoms. The van der Waals surface area contributed by atoms with Gasteiger partial charge in [0.05, 0.1) is 10.0 Å². The first-order valence-electron chi connectivity index (χ1n) is 4.32. The van der Waals surface area contributed by atoms with Crippen molar-refractivity contribution in [1.82, 2.24) is 4.98 Å². The Morgan fingerprint density at radius 1 is 1.41 bits per heavy atom. The highest BCUT2D eigenvalue weighted by Gasteiger charge is 2.17. The summed E-state index contributed by atoms with van der Waals surface area (Å²) in [5, 5.41) is 2.50. The van der Waals surface area contributed by atoms with E-state index in [2.05, 4.69) is 26.2 Å². The van der Waals surface area contributed by atoms with Crippen LogP contribution in [0.1, 0.15) is 0 Å². The highest BCUT2D eigenvalue weighted by atomic mass is 79.9. The first-order chi connectivity index (χ1) is 8.02.